The smallest absolute Gasteiger partial charge is 0.123 e. The molecule has 1 aliphatic heterocycles. The number of nitrogens with zero attached hydrogens (tertiary/aromatic N) is 3. The van der Waals surface area contributed by atoms with Crippen LogP contribution < -0.4 is 5.01 Å². The first-order chi connectivity index (χ1) is 16.2. The van der Waals surface area contributed by atoms with Gasteiger partial charge in [0.05, 0.1) is 23.1 Å². The van der Waals surface area contributed by atoms with E-state index in [9.17, 15) is 8.78 Å². The van der Waals surface area contributed by atoms with E-state index in [1.54, 1.807) is 18.3 Å². The van der Waals surface area contributed by atoms with Crippen LogP contribution in [0.5, 0.6) is 0 Å². The van der Waals surface area contributed by atoms with Gasteiger partial charge in [-0.15, -0.1) is 0 Å². The summed E-state index contributed by atoms with van der Waals surface area (Å²) in [7, 11) is 0. The maximum Gasteiger partial charge on any atom is 0.123 e. The van der Waals surface area contributed by atoms with Crippen LogP contribution in [-0.4, -0.2) is 11.9 Å². The summed E-state index contributed by atoms with van der Waals surface area (Å²) < 4.78 is 26.6. The average Bonchev–Trinajstić information content (AvgIpc) is 3.31. The Morgan fingerprint density at radius 2 is 1.48 bits per heavy atom. The number of para-hydroxylation sites is 1. The van der Waals surface area contributed by atoms with Gasteiger partial charge < -0.3 is 0 Å². The summed E-state index contributed by atoms with van der Waals surface area (Å²) in [4.78, 5) is 4.54. The molecule has 0 bridgehead atoms. The predicted molar refractivity (Wildman–Crippen MR) is 129 cm³/mol. The topological polar surface area (TPSA) is 28.0 Å². The summed E-state index contributed by atoms with van der Waals surface area (Å²) in [6.07, 6.45) is 2.40. The molecule has 0 spiro atoms. The summed E-state index contributed by atoms with van der Waals surface area (Å²) in [6.45, 7) is 0. The van der Waals surface area contributed by atoms with Crippen molar-refractivity contribution >= 4 is 23.3 Å². The highest BCUT2D eigenvalue weighted by Gasteiger charge is 2.30. The monoisotopic (exact) mass is 437 g/mol. The third kappa shape index (κ3) is 4.72. The number of halogens is 2. The molecule has 1 aliphatic rings. The molecular formula is C28H21F2N3. The Morgan fingerprint density at radius 1 is 0.788 bits per heavy atom. The fraction of sp³-hybridized carbons (Fsp3) is 0.0714. The van der Waals surface area contributed by atoms with Crippen LogP contribution in [0.1, 0.15) is 29.2 Å². The van der Waals surface area contributed by atoms with Crippen LogP contribution >= 0.6 is 0 Å². The molecule has 5 heteroatoms. The zero-order valence-corrected chi connectivity index (χ0v) is 17.8. The lowest BCUT2D eigenvalue weighted by atomic mass is 9.98. The first-order valence-corrected chi connectivity index (χ1v) is 10.7. The standard InChI is InChI=1S/C28H21F2N3/c29-23-13-9-20(10-14-23)19-31-25-6-4-5-22(17-25)27-18-28(21-11-15-24(30)16-12-21)33(32-27)26-7-2-1-3-8-26/h1-17,19,28H,18H2. The molecule has 1 atom stereocenters. The lowest BCUT2D eigenvalue weighted by Crippen LogP contribution is -2.18. The Morgan fingerprint density at radius 3 is 2.21 bits per heavy atom. The van der Waals surface area contributed by atoms with Gasteiger partial charge in [0.1, 0.15) is 11.6 Å². The second-order valence-corrected chi connectivity index (χ2v) is 7.86. The Kier molecular flexibility index (Phi) is 5.77. The molecule has 0 aliphatic carbocycles. The highest BCUT2D eigenvalue weighted by atomic mass is 19.1. The minimum atomic E-state index is -0.271. The summed E-state index contributed by atoms with van der Waals surface area (Å²) in [6, 6.07) is 30.6. The number of hydrogen-bond donors (Lipinski definition) is 0. The molecule has 0 saturated heterocycles. The molecule has 1 unspecified atom stereocenters. The highest BCUT2D eigenvalue weighted by Crippen LogP contribution is 2.37. The minimum Gasteiger partial charge on any atom is -0.257 e. The van der Waals surface area contributed by atoms with E-state index in [0.717, 1.165) is 33.8 Å². The first kappa shape index (κ1) is 20.8. The normalized spacial score (nSPS) is 15.8. The summed E-state index contributed by atoms with van der Waals surface area (Å²) in [5.74, 6) is -0.525. The van der Waals surface area contributed by atoms with Gasteiger partial charge in [0, 0.05) is 12.6 Å². The zero-order chi connectivity index (χ0) is 22.6. The van der Waals surface area contributed by atoms with Gasteiger partial charge in [0.15, 0.2) is 0 Å². The molecule has 5 rings (SSSR count). The van der Waals surface area contributed by atoms with E-state index in [0.29, 0.717) is 6.42 Å². The van der Waals surface area contributed by atoms with Crippen molar-refractivity contribution in [3.05, 3.63) is 131 Å². The third-order valence-corrected chi connectivity index (χ3v) is 5.60. The van der Waals surface area contributed by atoms with Crippen LogP contribution in [0.25, 0.3) is 0 Å². The molecule has 0 N–H and O–H groups in total. The van der Waals surface area contributed by atoms with Crippen molar-refractivity contribution in [3.8, 4) is 0 Å². The average molecular weight is 437 g/mol. The number of rotatable bonds is 5. The Labute approximate surface area is 191 Å². The van der Waals surface area contributed by atoms with E-state index in [1.165, 1.54) is 24.3 Å². The van der Waals surface area contributed by atoms with Crippen molar-refractivity contribution < 1.29 is 8.78 Å². The molecule has 0 amide bonds. The van der Waals surface area contributed by atoms with Crippen LogP contribution in [0.2, 0.25) is 0 Å². The molecule has 0 fully saturated rings. The number of hydrazone groups is 1. The maximum absolute atomic E-state index is 13.5. The number of benzene rings is 4. The second-order valence-electron chi connectivity index (χ2n) is 7.86. The third-order valence-electron chi connectivity index (χ3n) is 5.60. The van der Waals surface area contributed by atoms with Gasteiger partial charge in [0.2, 0.25) is 0 Å². The Bertz CT molecular complexity index is 1300. The highest BCUT2D eigenvalue weighted by molar-refractivity contribution is 6.04. The lowest BCUT2D eigenvalue weighted by molar-refractivity contribution is 0.624. The van der Waals surface area contributed by atoms with Gasteiger partial charge in [-0.25, -0.2) is 8.78 Å². The molecule has 0 radical (unpaired) electrons. The molecule has 4 aromatic carbocycles. The van der Waals surface area contributed by atoms with E-state index in [1.807, 2.05) is 71.7 Å². The number of anilines is 1. The molecule has 0 saturated carbocycles. The van der Waals surface area contributed by atoms with Crippen LogP contribution in [0.15, 0.2) is 113 Å². The van der Waals surface area contributed by atoms with Crippen molar-refractivity contribution in [2.75, 3.05) is 5.01 Å². The molecular weight excluding hydrogens is 416 g/mol. The van der Waals surface area contributed by atoms with E-state index in [-0.39, 0.29) is 17.7 Å². The van der Waals surface area contributed by atoms with Crippen molar-refractivity contribution in [2.45, 2.75) is 12.5 Å². The van der Waals surface area contributed by atoms with Crippen molar-refractivity contribution in [2.24, 2.45) is 10.1 Å². The van der Waals surface area contributed by atoms with Crippen LogP contribution in [0.4, 0.5) is 20.2 Å². The van der Waals surface area contributed by atoms with Gasteiger partial charge in [-0.3, -0.25) is 10.0 Å². The largest absolute Gasteiger partial charge is 0.257 e. The van der Waals surface area contributed by atoms with Crippen molar-refractivity contribution in [1.29, 1.82) is 0 Å². The molecule has 33 heavy (non-hydrogen) atoms. The van der Waals surface area contributed by atoms with Gasteiger partial charge in [-0.1, -0.05) is 54.6 Å². The molecule has 1 heterocycles. The summed E-state index contributed by atoms with van der Waals surface area (Å²) in [5, 5.41) is 6.94. The Hall–Kier alpha value is -4.12. The lowest BCUT2D eigenvalue weighted by Gasteiger charge is -2.23. The van der Waals surface area contributed by atoms with Crippen molar-refractivity contribution in [3.63, 3.8) is 0 Å². The summed E-state index contributed by atoms with van der Waals surface area (Å²) >= 11 is 0. The maximum atomic E-state index is 13.5. The van der Waals surface area contributed by atoms with Crippen LogP contribution in [0.3, 0.4) is 0 Å². The van der Waals surface area contributed by atoms with E-state index < -0.39 is 0 Å². The number of aliphatic imine (C=N–C) groups is 1. The fourth-order valence-corrected chi connectivity index (χ4v) is 3.91. The van der Waals surface area contributed by atoms with E-state index in [2.05, 4.69) is 4.99 Å². The second kappa shape index (κ2) is 9.17. The minimum absolute atomic E-state index is 0.0330. The van der Waals surface area contributed by atoms with E-state index in [4.69, 9.17) is 5.10 Å². The first-order valence-electron chi connectivity index (χ1n) is 10.7. The molecule has 4 aromatic rings. The zero-order valence-electron chi connectivity index (χ0n) is 17.8. The van der Waals surface area contributed by atoms with Crippen LogP contribution in [-0.2, 0) is 0 Å². The molecule has 162 valence electrons. The quantitative estimate of drug-likeness (QED) is 0.307. The molecule has 0 aromatic heterocycles. The fourth-order valence-electron chi connectivity index (χ4n) is 3.91. The Balaban J connectivity index is 1.45. The van der Waals surface area contributed by atoms with Gasteiger partial charge in [-0.05, 0) is 65.2 Å². The number of hydrogen-bond acceptors (Lipinski definition) is 3. The van der Waals surface area contributed by atoms with Gasteiger partial charge in [-0.2, -0.15) is 5.10 Å². The van der Waals surface area contributed by atoms with E-state index >= 15 is 0 Å². The van der Waals surface area contributed by atoms with Crippen molar-refractivity contribution in [1.82, 2.24) is 0 Å². The molecule has 3 nitrogen and oxygen atoms in total. The van der Waals surface area contributed by atoms with Gasteiger partial charge in [0.25, 0.3) is 0 Å². The SMILES string of the molecule is Fc1ccc(C=Nc2cccc(C3=NN(c4ccccc4)C(c4ccc(F)cc4)C3)c2)cc1. The van der Waals surface area contributed by atoms with Crippen LogP contribution in [0, 0.1) is 11.6 Å². The van der Waals surface area contributed by atoms with Gasteiger partial charge >= 0.3 is 0 Å². The summed E-state index contributed by atoms with van der Waals surface area (Å²) in [5.41, 5.74) is 5.51. The predicted octanol–water partition coefficient (Wildman–Crippen LogP) is 7.07.